The Morgan fingerprint density at radius 1 is 1.03 bits per heavy atom. The first-order valence-corrected chi connectivity index (χ1v) is 14.0. The highest BCUT2D eigenvalue weighted by atomic mass is 35.5. The van der Waals surface area contributed by atoms with Gasteiger partial charge in [0.15, 0.2) is 0 Å². The van der Waals surface area contributed by atoms with Crippen molar-refractivity contribution in [3.63, 3.8) is 0 Å². The van der Waals surface area contributed by atoms with Crippen LogP contribution in [0.15, 0.2) is 94.0 Å². The predicted molar refractivity (Wildman–Crippen MR) is 152 cm³/mol. The number of nitrogens with one attached hydrogen (secondary N) is 2. The molecule has 0 bridgehead atoms. The molecule has 0 unspecified atom stereocenters. The van der Waals surface area contributed by atoms with Crippen LogP contribution in [0.3, 0.4) is 0 Å². The predicted octanol–water partition coefficient (Wildman–Crippen LogP) is 5.28. The monoisotopic (exact) mass is 566 g/mol. The molecule has 2 N–H and O–H groups in total. The number of hydrogen-bond acceptors (Lipinski definition) is 7. The first-order chi connectivity index (χ1) is 18.6. The fraction of sp³-hybridized carbons (Fsp3) is 0.179. The van der Waals surface area contributed by atoms with E-state index >= 15 is 0 Å². The first-order valence-electron chi connectivity index (χ1n) is 12.2. The Morgan fingerprint density at radius 3 is 2.49 bits per heavy atom. The fourth-order valence-corrected chi connectivity index (χ4v) is 5.36. The summed E-state index contributed by atoms with van der Waals surface area (Å²) in [6, 6.07) is 19.2. The molecule has 0 fully saturated rings. The number of carbonyl (C=O) groups excluding carboxylic acids is 2. The number of esters is 1. The number of para-hydroxylation sites is 2. The van der Waals surface area contributed by atoms with E-state index in [0.717, 1.165) is 4.31 Å². The summed E-state index contributed by atoms with van der Waals surface area (Å²) in [7, 11) is -2.61. The molecule has 0 saturated heterocycles. The molecule has 0 aliphatic carbocycles. The highest BCUT2D eigenvalue weighted by molar-refractivity contribution is 7.92. The lowest BCUT2D eigenvalue weighted by Crippen LogP contribution is -2.36. The smallest absolute Gasteiger partial charge is 0.343 e. The molecule has 0 aromatic heterocycles. The molecule has 39 heavy (non-hydrogen) atoms. The third-order valence-electron chi connectivity index (χ3n) is 5.95. The maximum atomic E-state index is 13.4. The SMILES string of the molecule is CCOC(=O)C1=C(CC)Nc2ccccc2N=C1NC(=O)c1cccc(S(=O)(=O)N(C)c2cccc(Cl)c2)c1. The number of amides is 1. The summed E-state index contributed by atoms with van der Waals surface area (Å²) >= 11 is 6.04. The average molecular weight is 567 g/mol. The van der Waals surface area contributed by atoms with Crippen molar-refractivity contribution in [1.82, 2.24) is 5.32 Å². The third-order valence-corrected chi connectivity index (χ3v) is 7.97. The molecule has 1 aliphatic rings. The molecule has 11 heteroatoms. The molecule has 9 nitrogen and oxygen atoms in total. The molecule has 4 rings (SSSR count). The summed E-state index contributed by atoms with van der Waals surface area (Å²) in [5, 5.41) is 6.31. The number of fused-ring (bicyclic) bond motifs is 1. The molecule has 0 atom stereocenters. The Morgan fingerprint density at radius 2 is 1.77 bits per heavy atom. The van der Waals surface area contributed by atoms with E-state index < -0.39 is 21.9 Å². The normalized spacial score (nSPS) is 13.0. The van der Waals surface area contributed by atoms with Gasteiger partial charge in [-0.3, -0.25) is 9.10 Å². The van der Waals surface area contributed by atoms with Gasteiger partial charge < -0.3 is 15.4 Å². The maximum absolute atomic E-state index is 13.4. The second-order valence-electron chi connectivity index (χ2n) is 8.46. The first kappa shape index (κ1) is 27.9. The van der Waals surface area contributed by atoms with Crippen molar-refractivity contribution >= 4 is 56.4 Å². The van der Waals surface area contributed by atoms with Crippen LogP contribution >= 0.6 is 11.6 Å². The van der Waals surface area contributed by atoms with Crippen LogP contribution in [0.5, 0.6) is 0 Å². The van der Waals surface area contributed by atoms with E-state index in [9.17, 15) is 18.0 Å². The largest absolute Gasteiger partial charge is 0.462 e. The minimum atomic E-state index is -4.02. The maximum Gasteiger partial charge on any atom is 0.343 e. The zero-order valence-electron chi connectivity index (χ0n) is 21.6. The van der Waals surface area contributed by atoms with Crippen molar-refractivity contribution in [2.75, 3.05) is 23.3 Å². The number of benzene rings is 3. The van der Waals surface area contributed by atoms with E-state index in [0.29, 0.717) is 34.2 Å². The molecule has 0 saturated carbocycles. The molecule has 0 spiro atoms. The number of aliphatic imine (C=N–C) groups is 1. The Bertz CT molecular complexity index is 1600. The summed E-state index contributed by atoms with van der Waals surface area (Å²) in [6.07, 6.45) is 0.431. The summed E-state index contributed by atoms with van der Waals surface area (Å²) in [6.45, 7) is 3.68. The van der Waals surface area contributed by atoms with Crippen molar-refractivity contribution in [2.24, 2.45) is 4.99 Å². The van der Waals surface area contributed by atoms with Gasteiger partial charge in [0.1, 0.15) is 11.4 Å². The summed E-state index contributed by atoms with van der Waals surface area (Å²) in [5.41, 5.74) is 2.22. The number of sulfonamides is 1. The van der Waals surface area contributed by atoms with Crippen molar-refractivity contribution in [2.45, 2.75) is 25.2 Å². The van der Waals surface area contributed by atoms with Gasteiger partial charge in [0.05, 0.1) is 28.6 Å². The molecule has 202 valence electrons. The Hall–Kier alpha value is -4.15. The van der Waals surface area contributed by atoms with Gasteiger partial charge >= 0.3 is 5.97 Å². The number of nitrogens with zero attached hydrogens (tertiary/aromatic N) is 2. The van der Waals surface area contributed by atoms with Crippen LogP contribution in [-0.4, -0.2) is 39.8 Å². The fourth-order valence-electron chi connectivity index (χ4n) is 3.95. The number of carbonyl (C=O) groups is 2. The van der Waals surface area contributed by atoms with Gasteiger partial charge in [-0.25, -0.2) is 18.2 Å². The number of ether oxygens (including phenoxy) is 1. The molecular formula is C28H27ClN4O5S. The van der Waals surface area contributed by atoms with Crippen LogP contribution in [-0.2, 0) is 19.6 Å². The van der Waals surface area contributed by atoms with Gasteiger partial charge in [-0.15, -0.1) is 0 Å². The Balaban J connectivity index is 1.70. The number of allylic oxidation sites excluding steroid dienone is 1. The number of amidine groups is 1. The van der Waals surface area contributed by atoms with Crippen molar-refractivity contribution in [3.05, 3.63) is 94.7 Å². The molecule has 3 aromatic rings. The second kappa shape index (κ2) is 11.7. The van der Waals surface area contributed by atoms with Gasteiger partial charge in [-0.2, -0.15) is 0 Å². The van der Waals surface area contributed by atoms with E-state index in [4.69, 9.17) is 16.3 Å². The minimum Gasteiger partial charge on any atom is -0.462 e. The van der Waals surface area contributed by atoms with Gasteiger partial charge in [0.25, 0.3) is 15.9 Å². The van der Waals surface area contributed by atoms with E-state index in [-0.39, 0.29) is 28.5 Å². The van der Waals surface area contributed by atoms with Crippen molar-refractivity contribution < 1.29 is 22.7 Å². The standard InChI is InChI=1S/C28H27ClN4O5S/c1-4-22-25(28(35)38-5-2)26(31-24-15-7-6-14-23(24)30-22)32-27(34)18-10-8-13-21(16-18)39(36,37)33(3)20-12-9-11-19(29)17-20/h6-17,30H,4-5H2,1-3H3,(H,31,32,34). The number of anilines is 2. The van der Waals surface area contributed by atoms with Gasteiger partial charge in [-0.05, 0) is 61.9 Å². The molecule has 3 aromatic carbocycles. The lowest BCUT2D eigenvalue weighted by molar-refractivity contribution is -0.137. The highest BCUT2D eigenvalue weighted by Crippen LogP contribution is 2.31. The van der Waals surface area contributed by atoms with Crippen LogP contribution in [0.2, 0.25) is 5.02 Å². The Labute approximate surface area is 232 Å². The molecule has 0 radical (unpaired) electrons. The summed E-state index contributed by atoms with van der Waals surface area (Å²) in [5.74, 6) is -1.29. The molecule has 1 heterocycles. The van der Waals surface area contributed by atoms with Crippen LogP contribution in [0, 0.1) is 0 Å². The van der Waals surface area contributed by atoms with Crippen LogP contribution in [0.25, 0.3) is 0 Å². The van der Waals surface area contributed by atoms with Crippen LogP contribution < -0.4 is 14.9 Å². The number of hydrogen-bond donors (Lipinski definition) is 2. The third kappa shape index (κ3) is 5.97. The van der Waals surface area contributed by atoms with E-state index in [1.165, 1.54) is 37.4 Å². The van der Waals surface area contributed by atoms with Gasteiger partial charge in [0, 0.05) is 23.3 Å². The van der Waals surface area contributed by atoms with E-state index in [2.05, 4.69) is 15.6 Å². The van der Waals surface area contributed by atoms with Gasteiger partial charge in [-0.1, -0.05) is 42.8 Å². The molecule has 1 aliphatic heterocycles. The second-order valence-corrected chi connectivity index (χ2v) is 10.9. The molecular weight excluding hydrogens is 540 g/mol. The lowest BCUT2D eigenvalue weighted by atomic mass is 10.1. The van der Waals surface area contributed by atoms with Gasteiger partial charge in [0.2, 0.25) is 0 Å². The number of rotatable bonds is 7. The zero-order chi connectivity index (χ0) is 28.2. The lowest BCUT2D eigenvalue weighted by Gasteiger charge is -2.20. The quantitative estimate of drug-likeness (QED) is 0.376. The number of halogens is 1. The van der Waals surface area contributed by atoms with Crippen LogP contribution in [0.1, 0.15) is 30.6 Å². The van der Waals surface area contributed by atoms with Crippen molar-refractivity contribution in [1.29, 1.82) is 0 Å². The average Bonchev–Trinajstić information content (AvgIpc) is 3.09. The van der Waals surface area contributed by atoms with Crippen molar-refractivity contribution in [3.8, 4) is 0 Å². The Kier molecular flexibility index (Phi) is 8.37. The van der Waals surface area contributed by atoms with E-state index in [1.807, 2.05) is 19.1 Å². The summed E-state index contributed by atoms with van der Waals surface area (Å²) in [4.78, 5) is 30.8. The highest BCUT2D eigenvalue weighted by Gasteiger charge is 2.28. The topological polar surface area (TPSA) is 117 Å². The molecule has 1 amide bonds. The van der Waals surface area contributed by atoms with E-state index in [1.54, 1.807) is 37.3 Å². The summed E-state index contributed by atoms with van der Waals surface area (Å²) < 4.78 is 33.0. The zero-order valence-corrected chi connectivity index (χ0v) is 23.1. The van der Waals surface area contributed by atoms with Crippen LogP contribution in [0.4, 0.5) is 17.1 Å². The minimum absolute atomic E-state index is 0.00273.